The Morgan fingerprint density at radius 3 is 2.06 bits per heavy atom. The van der Waals surface area contributed by atoms with Gasteiger partial charge in [0.1, 0.15) is 12.2 Å². The van der Waals surface area contributed by atoms with Gasteiger partial charge in [0.2, 0.25) is 6.17 Å². The second-order valence-corrected chi connectivity index (χ2v) is 3.48. The van der Waals surface area contributed by atoms with Crippen LogP contribution in [-0.2, 0) is 9.47 Å². The molecule has 102 valence electrons. The van der Waals surface area contributed by atoms with Crippen molar-refractivity contribution < 1.29 is 40.2 Å². The molecule has 4 unspecified atom stereocenters. The first-order valence-electron chi connectivity index (χ1n) is 4.59. The summed E-state index contributed by atoms with van der Waals surface area (Å²) >= 11 is 0. The van der Waals surface area contributed by atoms with E-state index >= 15 is 0 Å². The van der Waals surface area contributed by atoms with Gasteiger partial charge in [0.05, 0.1) is 13.2 Å². The zero-order valence-corrected chi connectivity index (χ0v) is 8.26. The fourth-order valence-electron chi connectivity index (χ4n) is 1.05. The predicted octanol–water partition coefficient (Wildman–Crippen LogP) is 2.27. The zero-order chi connectivity index (χ0) is 13.2. The molecular formula is C8H9F7O2. The van der Waals surface area contributed by atoms with E-state index in [0.717, 1.165) is 0 Å². The summed E-state index contributed by atoms with van der Waals surface area (Å²) in [6.07, 6.45) is -19.8. The minimum Gasteiger partial charge on any atom is -0.371 e. The average molecular weight is 270 g/mol. The Bertz CT molecular complexity index is 241. The van der Waals surface area contributed by atoms with E-state index < -0.39 is 43.8 Å². The lowest BCUT2D eigenvalue weighted by molar-refractivity contribution is -0.228. The molecule has 0 amide bonds. The number of ether oxygens (including phenoxy) is 2. The smallest absolute Gasteiger partial charge is 0.371 e. The summed E-state index contributed by atoms with van der Waals surface area (Å²) in [4.78, 5) is 0. The molecule has 1 aliphatic heterocycles. The molecule has 17 heavy (non-hydrogen) atoms. The van der Waals surface area contributed by atoms with Gasteiger partial charge in [-0.2, -0.15) is 13.2 Å². The third-order valence-electron chi connectivity index (χ3n) is 2.03. The molecule has 1 fully saturated rings. The summed E-state index contributed by atoms with van der Waals surface area (Å²) < 4.78 is 94.1. The molecule has 0 aromatic carbocycles. The van der Waals surface area contributed by atoms with E-state index in [9.17, 15) is 30.7 Å². The maximum absolute atomic E-state index is 12.8. The Balaban J connectivity index is 2.62. The highest BCUT2D eigenvalue weighted by Gasteiger charge is 2.51. The molecule has 1 rings (SSSR count). The van der Waals surface area contributed by atoms with Gasteiger partial charge in [-0.05, 0) is 0 Å². The van der Waals surface area contributed by atoms with Crippen molar-refractivity contribution in [3.8, 4) is 0 Å². The van der Waals surface area contributed by atoms with Crippen LogP contribution in [-0.4, -0.2) is 50.4 Å². The SMILES string of the molecule is FC(F)C(F)C(OCC1CO1)C(F)C(F)(F)F. The summed E-state index contributed by atoms with van der Waals surface area (Å²) in [5, 5.41) is 0. The van der Waals surface area contributed by atoms with Crippen LogP contribution in [0.5, 0.6) is 0 Å². The highest BCUT2D eigenvalue weighted by atomic mass is 19.4. The molecule has 4 atom stereocenters. The summed E-state index contributed by atoms with van der Waals surface area (Å²) in [5.41, 5.74) is 0. The summed E-state index contributed by atoms with van der Waals surface area (Å²) in [6, 6.07) is 0. The molecule has 0 spiro atoms. The highest BCUT2D eigenvalue weighted by molar-refractivity contribution is 4.85. The van der Waals surface area contributed by atoms with Gasteiger partial charge in [-0.15, -0.1) is 0 Å². The number of halogens is 7. The van der Waals surface area contributed by atoms with Crippen molar-refractivity contribution in [3.63, 3.8) is 0 Å². The third-order valence-corrected chi connectivity index (χ3v) is 2.03. The van der Waals surface area contributed by atoms with Crippen molar-refractivity contribution in [2.75, 3.05) is 13.2 Å². The first kappa shape index (κ1) is 14.5. The molecule has 0 aromatic heterocycles. The summed E-state index contributed by atoms with van der Waals surface area (Å²) in [6.45, 7) is -0.379. The van der Waals surface area contributed by atoms with Gasteiger partial charge in [-0.3, -0.25) is 0 Å². The second kappa shape index (κ2) is 5.38. The normalized spacial score (nSPS) is 25.8. The number of alkyl halides is 7. The standard InChI is InChI=1S/C8H9F7O2/c9-4(7(11)12)5(6(10)8(13,14)15)17-2-3-1-16-3/h3-7H,1-2H2. The van der Waals surface area contributed by atoms with E-state index in [-0.39, 0.29) is 6.61 Å². The van der Waals surface area contributed by atoms with Crippen LogP contribution in [0.4, 0.5) is 30.7 Å². The Hall–Kier alpha value is -0.570. The number of hydrogen-bond donors (Lipinski definition) is 0. The fraction of sp³-hybridized carbons (Fsp3) is 1.00. The molecular weight excluding hydrogens is 261 g/mol. The van der Waals surface area contributed by atoms with Gasteiger partial charge in [-0.25, -0.2) is 17.6 Å². The summed E-state index contributed by atoms with van der Waals surface area (Å²) in [7, 11) is 0. The maximum Gasteiger partial charge on any atom is 0.422 e. The van der Waals surface area contributed by atoms with Crippen LogP contribution < -0.4 is 0 Å². The average Bonchev–Trinajstić information content (AvgIpc) is 2.99. The van der Waals surface area contributed by atoms with Crippen LogP contribution in [0.1, 0.15) is 0 Å². The second-order valence-electron chi connectivity index (χ2n) is 3.48. The van der Waals surface area contributed by atoms with E-state index in [0.29, 0.717) is 0 Å². The molecule has 1 heterocycles. The molecule has 0 radical (unpaired) electrons. The van der Waals surface area contributed by atoms with Crippen molar-refractivity contribution in [1.29, 1.82) is 0 Å². The van der Waals surface area contributed by atoms with Crippen LogP contribution in [0.15, 0.2) is 0 Å². The Morgan fingerprint density at radius 1 is 1.18 bits per heavy atom. The zero-order valence-electron chi connectivity index (χ0n) is 8.26. The number of rotatable bonds is 6. The van der Waals surface area contributed by atoms with Gasteiger partial charge >= 0.3 is 6.18 Å². The minimum atomic E-state index is -5.45. The lowest BCUT2D eigenvalue weighted by Crippen LogP contribution is -2.46. The van der Waals surface area contributed by atoms with Crippen LogP contribution in [0.2, 0.25) is 0 Å². The van der Waals surface area contributed by atoms with Gasteiger partial charge in [-0.1, -0.05) is 0 Å². The molecule has 2 nitrogen and oxygen atoms in total. The van der Waals surface area contributed by atoms with Gasteiger partial charge < -0.3 is 9.47 Å². The molecule has 0 N–H and O–H groups in total. The topological polar surface area (TPSA) is 21.8 Å². The summed E-state index contributed by atoms with van der Waals surface area (Å²) in [5.74, 6) is 0. The molecule has 9 heteroatoms. The molecule has 0 bridgehead atoms. The Morgan fingerprint density at radius 2 is 1.71 bits per heavy atom. The van der Waals surface area contributed by atoms with Crippen molar-refractivity contribution >= 4 is 0 Å². The van der Waals surface area contributed by atoms with Crippen molar-refractivity contribution in [3.05, 3.63) is 0 Å². The van der Waals surface area contributed by atoms with Crippen LogP contribution in [0, 0.1) is 0 Å². The largest absolute Gasteiger partial charge is 0.422 e. The third kappa shape index (κ3) is 4.30. The van der Waals surface area contributed by atoms with Crippen molar-refractivity contribution in [2.45, 2.75) is 37.2 Å². The van der Waals surface area contributed by atoms with Crippen LogP contribution in [0.25, 0.3) is 0 Å². The Kier molecular flexibility index (Phi) is 4.59. The van der Waals surface area contributed by atoms with Crippen molar-refractivity contribution in [2.24, 2.45) is 0 Å². The van der Waals surface area contributed by atoms with Crippen LogP contribution >= 0.6 is 0 Å². The Labute approximate surface area is 91.7 Å². The number of hydrogen-bond acceptors (Lipinski definition) is 2. The lowest BCUT2D eigenvalue weighted by Gasteiger charge is -2.25. The molecule has 1 saturated heterocycles. The van der Waals surface area contributed by atoms with Crippen molar-refractivity contribution in [1.82, 2.24) is 0 Å². The minimum absolute atomic E-state index is 0.168. The van der Waals surface area contributed by atoms with Gasteiger partial charge in [0, 0.05) is 0 Å². The predicted molar refractivity (Wildman–Crippen MR) is 41.3 cm³/mol. The first-order valence-corrected chi connectivity index (χ1v) is 4.59. The van der Waals surface area contributed by atoms with E-state index in [1.165, 1.54) is 0 Å². The van der Waals surface area contributed by atoms with Crippen LogP contribution in [0.3, 0.4) is 0 Å². The molecule has 1 aliphatic rings. The van der Waals surface area contributed by atoms with E-state index in [4.69, 9.17) is 0 Å². The lowest BCUT2D eigenvalue weighted by atomic mass is 10.1. The quantitative estimate of drug-likeness (QED) is 0.545. The molecule has 0 aliphatic carbocycles. The number of epoxide rings is 1. The van der Waals surface area contributed by atoms with Gasteiger partial charge in [0.15, 0.2) is 6.17 Å². The van der Waals surface area contributed by atoms with E-state index in [2.05, 4.69) is 9.47 Å². The molecule has 0 saturated carbocycles. The monoisotopic (exact) mass is 270 g/mol. The van der Waals surface area contributed by atoms with E-state index in [1.54, 1.807) is 0 Å². The highest BCUT2D eigenvalue weighted by Crippen LogP contribution is 2.31. The van der Waals surface area contributed by atoms with E-state index in [1.807, 2.05) is 0 Å². The fourth-order valence-corrected chi connectivity index (χ4v) is 1.05. The molecule has 0 aromatic rings. The first-order chi connectivity index (χ1) is 7.73. The van der Waals surface area contributed by atoms with Gasteiger partial charge in [0.25, 0.3) is 6.43 Å². The maximum atomic E-state index is 12.8.